The number of hydrogen-bond donors (Lipinski definition) is 0. The first-order valence-corrected chi connectivity index (χ1v) is 10.4. The molecule has 4 unspecified atom stereocenters. The Bertz CT molecular complexity index is 1010. The lowest BCUT2D eigenvalue weighted by atomic mass is 9.96. The first-order valence-electron chi connectivity index (χ1n) is 9.61. The highest BCUT2D eigenvalue weighted by molar-refractivity contribution is 6.42. The summed E-state index contributed by atoms with van der Waals surface area (Å²) in [5, 5.41) is 1.13. The van der Waals surface area contributed by atoms with Crippen LogP contribution in [0.4, 0.5) is 0 Å². The predicted octanol–water partition coefficient (Wildman–Crippen LogP) is 5.33. The summed E-state index contributed by atoms with van der Waals surface area (Å²) in [4.78, 5) is 8.74. The molecule has 4 atom stereocenters. The van der Waals surface area contributed by atoms with E-state index in [4.69, 9.17) is 32.7 Å². The summed E-state index contributed by atoms with van der Waals surface area (Å²) in [5.74, 6) is 1.44. The molecule has 146 valence electrons. The summed E-state index contributed by atoms with van der Waals surface area (Å²) in [7, 11) is 0. The van der Waals surface area contributed by atoms with Crippen molar-refractivity contribution in [3.05, 3.63) is 58.1 Å². The number of imidazole rings is 1. The molecule has 0 bridgehead atoms. The van der Waals surface area contributed by atoms with E-state index >= 15 is 0 Å². The molecule has 0 radical (unpaired) electrons. The molecule has 7 heteroatoms. The maximum atomic E-state index is 6.21. The molecule has 2 aliphatic heterocycles. The number of fused-ring (bicyclic) bond motifs is 2. The standard InChI is InChI=1S/C21H21Cl2N3O2/c1-12-25-18-11-24-6-4-19(18)26(12)7-5-15-8-14-10-20(28-21(14)27-15)13-2-3-16(22)17(23)9-13/h2-4,6,9,11,14-15,20-21H,5,7-8,10H2,1H3. The van der Waals surface area contributed by atoms with Crippen molar-refractivity contribution in [2.45, 2.75) is 51.2 Å². The van der Waals surface area contributed by atoms with E-state index in [2.05, 4.69) is 14.5 Å². The van der Waals surface area contributed by atoms with Crippen LogP contribution in [0.15, 0.2) is 36.7 Å². The predicted molar refractivity (Wildman–Crippen MR) is 109 cm³/mol. The largest absolute Gasteiger partial charge is 0.349 e. The van der Waals surface area contributed by atoms with Crippen molar-refractivity contribution < 1.29 is 9.47 Å². The van der Waals surface area contributed by atoms with Gasteiger partial charge in [0.05, 0.1) is 34.0 Å². The third-order valence-electron chi connectivity index (χ3n) is 5.82. The molecule has 2 saturated heterocycles. The Morgan fingerprint density at radius 3 is 2.86 bits per heavy atom. The van der Waals surface area contributed by atoms with E-state index in [9.17, 15) is 0 Å². The molecular formula is C21H21Cl2N3O2. The molecule has 3 aromatic rings. The molecule has 4 heterocycles. The smallest absolute Gasteiger partial charge is 0.161 e. The van der Waals surface area contributed by atoms with E-state index in [-0.39, 0.29) is 18.5 Å². The van der Waals surface area contributed by atoms with Gasteiger partial charge in [-0.05, 0) is 49.9 Å². The molecule has 28 heavy (non-hydrogen) atoms. The quantitative estimate of drug-likeness (QED) is 0.575. The molecular weight excluding hydrogens is 397 g/mol. The Kier molecular flexibility index (Phi) is 4.79. The minimum absolute atomic E-state index is 0.0260. The summed E-state index contributed by atoms with van der Waals surface area (Å²) in [6, 6.07) is 7.73. The van der Waals surface area contributed by atoms with E-state index in [1.54, 1.807) is 0 Å². The van der Waals surface area contributed by atoms with Crippen molar-refractivity contribution in [3.8, 4) is 0 Å². The van der Waals surface area contributed by atoms with Crippen molar-refractivity contribution in [2.24, 2.45) is 5.92 Å². The van der Waals surface area contributed by atoms with Crippen molar-refractivity contribution >= 4 is 34.2 Å². The summed E-state index contributed by atoms with van der Waals surface area (Å²) in [5.41, 5.74) is 3.14. The zero-order chi connectivity index (χ0) is 19.3. The number of ether oxygens (including phenoxy) is 2. The average molecular weight is 418 g/mol. The number of halogens is 2. The van der Waals surface area contributed by atoms with Crippen LogP contribution in [-0.4, -0.2) is 26.9 Å². The van der Waals surface area contributed by atoms with Gasteiger partial charge < -0.3 is 14.0 Å². The van der Waals surface area contributed by atoms with Crippen LogP contribution in [0.3, 0.4) is 0 Å². The van der Waals surface area contributed by atoms with E-state index in [0.717, 1.165) is 48.2 Å². The van der Waals surface area contributed by atoms with Gasteiger partial charge in [0.25, 0.3) is 0 Å². The van der Waals surface area contributed by atoms with Crippen molar-refractivity contribution in [3.63, 3.8) is 0 Å². The van der Waals surface area contributed by atoms with Crippen LogP contribution in [0.1, 0.15) is 36.8 Å². The molecule has 0 aliphatic carbocycles. The lowest BCUT2D eigenvalue weighted by molar-refractivity contribution is -0.141. The Balaban J connectivity index is 1.21. The number of rotatable bonds is 4. The summed E-state index contributed by atoms with van der Waals surface area (Å²) < 4.78 is 14.6. The normalized spacial score (nSPS) is 26.8. The Morgan fingerprint density at radius 2 is 2.04 bits per heavy atom. The van der Waals surface area contributed by atoms with Crippen LogP contribution in [-0.2, 0) is 16.0 Å². The molecule has 0 spiro atoms. The molecule has 5 nitrogen and oxygen atoms in total. The van der Waals surface area contributed by atoms with E-state index in [0.29, 0.717) is 16.0 Å². The molecule has 0 N–H and O–H groups in total. The molecule has 1 aromatic carbocycles. The number of aromatic nitrogens is 3. The van der Waals surface area contributed by atoms with Gasteiger partial charge in [0.15, 0.2) is 6.29 Å². The highest BCUT2D eigenvalue weighted by atomic mass is 35.5. The van der Waals surface area contributed by atoms with E-state index in [1.165, 1.54) is 0 Å². The van der Waals surface area contributed by atoms with Gasteiger partial charge in [0.1, 0.15) is 11.3 Å². The number of pyridine rings is 1. The topological polar surface area (TPSA) is 49.2 Å². The Morgan fingerprint density at radius 1 is 1.14 bits per heavy atom. The fraction of sp³-hybridized carbons (Fsp3) is 0.429. The second kappa shape index (κ2) is 7.30. The minimum atomic E-state index is -0.130. The third kappa shape index (κ3) is 3.30. The first kappa shape index (κ1) is 18.4. The lowest BCUT2D eigenvalue weighted by Crippen LogP contribution is -2.16. The molecule has 0 saturated carbocycles. The fourth-order valence-corrected chi connectivity index (χ4v) is 4.73. The molecule has 2 aromatic heterocycles. The monoisotopic (exact) mass is 417 g/mol. The van der Waals surface area contributed by atoms with Gasteiger partial charge in [-0.2, -0.15) is 0 Å². The second-order valence-electron chi connectivity index (χ2n) is 7.62. The van der Waals surface area contributed by atoms with E-state index < -0.39 is 0 Å². The van der Waals surface area contributed by atoms with Gasteiger partial charge in [0.2, 0.25) is 0 Å². The summed E-state index contributed by atoms with van der Waals surface area (Å²) >= 11 is 12.2. The van der Waals surface area contributed by atoms with Crippen LogP contribution in [0, 0.1) is 12.8 Å². The number of benzene rings is 1. The number of nitrogens with zero attached hydrogens (tertiary/aromatic N) is 3. The van der Waals surface area contributed by atoms with Gasteiger partial charge in [-0.1, -0.05) is 29.3 Å². The minimum Gasteiger partial charge on any atom is -0.349 e. The van der Waals surface area contributed by atoms with Crippen molar-refractivity contribution in [1.82, 2.24) is 14.5 Å². The summed E-state index contributed by atoms with van der Waals surface area (Å²) in [6.07, 6.45) is 6.66. The number of hydrogen-bond acceptors (Lipinski definition) is 4. The van der Waals surface area contributed by atoms with Crippen LogP contribution in [0.25, 0.3) is 11.0 Å². The SMILES string of the molecule is Cc1nc2cnccc2n1CCC1CC2CC(c3ccc(Cl)c(Cl)c3)OC2O1. The molecule has 2 fully saturated rings. The molecule has 0 amide bonds. The van der Waals surface area contributed by atoms with E-state index in [1.807, 2.05) is 43.6 Å². The second-order valence-corrected chi connectivity index (χ2v) is 8.43. The average Bonchev–Trinajstić information content (AvgIpc) is 3.33. The number of aryl methyl sites for hydroxylation is 2. The zero-order valence-corrected chi connectivity index (χ0v) is 17.0. The van der Waals surface area contributed by atoms with Crippen LogP contribution in [0.2, 0.25) is 10.0 Å². The van der Waals surface area contributed by atoms with Gasteiger partial charge in [-0.3, -0.25) is 4.98 Å². The van der Waals surface area contributed by atoms with Gasteiger partial charge in [0, 0.05) is 18.7 Å². The van der Waals surface area contributed by atoms with Crippen molar-refractivity contribution in [2.75, 3.05) is 0 Å². The van der Waals surface area contributed by atoms with Crippen LogP contribution < -0.4 is 0 Å². The zero-order valence-electron chi connectivity index (χ0n) is 15.5. The Hall–Kier alpha value is -1.66. The van der Waals surface area contributed by atoms with Crippen molar-refractivity contribution in [1.29, 1.82) is 0 Å². The fourth-order valence-electron chi connectivity index (χ4n) is 4.42. The maximum absolute atomic E-state index is 6.21. The third-order valence-corrected chi connectivity index (χ3v) is 6.56. The maximum Gasteiger partial charge on any atom is 0.161 e. The van der Waals surface area contributed by atoms with Gasteiger partial charge >= 0.3 is 0 Å². The highest BCUT2D eigenvalue weighted by Crippen LogP contribution is 2.45. The first-order chi connectivity index (χ1) is 13.6. The summed E-state index contributed by atoms with van der Waals surface area (Å²) in [6.45, 7) is 2.92. The van der Waals surface area contributed by atoms with Gasteiger partial charge in [-0.25, -0.2) is 4.98 Å². The highest BCUT2D eigenvalue weighted by Gasteiger charge is 2.44. The van der Waals surface area contributed by atoms with Crippen LogP contribution >= 0.6 is 23.2 Å². The van der Waals surface area contributed by atoms with Gasteiger partial charge in [-0.15, -0.1) is 0 Å². The lowest BCUT2D eigenvalue weighted by Gasteiger charge is -2.17. The van der Waals surface area contributed by atoms with Crippen LogP contribution in [0.5, 0.6) is 0 Å². The molecule has 2 aliphatic rings. The molecule has 5 rings (SSSR count). The Labute approximate surface area is 173 Å².